The zero-order chi connectivity index (χ0) is 14.9. The van der Waals surface area contributed by atoms with Gasteiger partial charge in [-0.25, -0.2) is 4.98 Å². The van der Waals surface area contributed by atoms with Crippen molar-refractivity contribution in [2.24, 2.45) is 0 Å². The Hall–Kier alpha value is -1.75. The van der Waals surface area contributed by atoms with Crippen molar-refractivity contribution >= 4 is 39.7 Å². The summed E-state index contributed by atoms with van der Waals surface area (Å²) in [6, 6.07) is 18.2. The first-order valence-corrected chi connectivity index (χ1v) is 8.83. The maximum atomic E-state index is 5.97. The predicted octanol–water partition coefficient (Wildman–Crippen LogP) is 5.87. The quantitative estimate of drug-likeness (QED) is 0.463. The minimum absolute atomic E-state index is 0.751. The van der Waals surface area contributed by atoms with Gasteiger partial charge in [0.25, 0.3) is 0 Å². The number of hydrogen-bond donors (Lipinski definition) is 0. The largest absolute Gasteiger partial charge is 0.284 e. The zero-order valence-electron chi connectivity index (χ0n) is 11.4. The lowest BCUT2D eigenvalue weighted by Crippen LogP contribution is -1.84. The third kappa shape index (κ3) is 2.54. The summed E-state index contributed by atoms with van der Waals surface area (Å²) in [5.74, 6) is 0. The maximum Gasteiger partial charge on any atom is 0.195 e. The van der Waals surface area contributed by atoms with E-state index in [2.05, 4.69) is 28.1 Å². The Balaban J connectivity index is 1.84. The van der Waals surface area contributed by atoms with Crippen LogP contribution in [0.25, 0.3) is 16.2 Å². The molecule has 0 saturated heterocycles. The van der Waals surface area contributed by atoms with Crippen molar-refractivity contribution < 1.29 is 0 Å². The van der Waals surface area contributed by atoms with Crippen molar-refractivity contribution in [1.29, 1.82) is 0 Å². The summed E-state index contributed by atoms with van der Waals surface area (Å²) in [4.78, 5) is 6.95. The molecule has 0 bridgehead atoms. The van der Waals surface area contributed by atoms with Gasteiger partial charge in [0.15, 0.2) is 4.96 Å². The van der Waals surface area contributed by atoms with Gasteiger partial charge in [-0.1, -0.05) is 53.7 Å². The number of thiazole rings is 1. The van der Waals surface area contributed by atoms with Crippen molar-refractivity contribution in [2.45, 2.75) is 9.92 Å². The molecule has 0 unspecified atom stereocenters. The van der Waals surface area contributed by atoms with Gasteiger partial charge in [-0.05, 0) is 24.3 Å². The highest BCUT2D eigenvalue weighted by Gasteiger charge is 2.15. The van der Waals surface area contributed by atoms with E-state index in [1.165, 1.54) is 0 Å². The Morgan fingerprint density at radius 2 is 1.77 bits per heavy atom. The van der Waals surface area contributed by atoms with Gasteiger partial charge < -0.3 is 0 Å². The van der Waals surface area contributed by atoms with Crippen LogP contribution in [0, 0.1) is 0 Å². The molecule has 0 saturated carbocycles. The molecule has 0 aliphatic rings. The monoisotopic (exact) mass is 342 g/mol. The van der Waals surface area contributed by atoms with E-state index in [0.717, 1.165) is 31.2 Å². The van der Waals surface area contributed by atoms with Crippen LogP contribution >= 0.6 is 34.7 Å². The number of fused-ring (bicyclic) bond motifs is 1. The molecular formula is C17H11ClN2S2. The molecule has 0 fully saturated rings. The number of benzene rings is 2. The van der Waals surface area contributed by atoms with Crippen LogP contribution in [-0.4, -0.2) is 9.38 Å². The topological polar surface area (TPSA) is 17.3 Å². The number of hydrogen-bond acceptors (Lipinski definition) is 3. The molecule has 0 radical (unpaired) electrons. The lowest BCUT2D eigenvalue weighted by molar-refractivity contribution is 1.07. The van der Waals surface area contributed by atoms with E-state index < -0.39 is 0 Å². The molecule has 22 heavy (non-hydrogen) atoms. The average Bonchev–Trinajstić information content (AvgIpc) is 3.13. The predicted molar refractivity (Wildman–Crippen MR) is 94.1 cm³/mol. The van der Waals surface area contributed by atoms with E-state index in [-0.39, 0.29) is 0 Å². The fourth-order valence-corrected chi connectivity index (χ4v) is 4.16. The highest BCUT2D eigenvalue weighted by molar-refractivity contribution is 7.99. The smallest absolute Gasteiger partial charge is 0.195 e. The standard InChI is InChI=1S/C17H11ClN2S2/c18-13-6-8-14(9-7-13)22-16-15(12-4-2-1-3-5-12)19-17-20(16)10-11-21-17/h1-11H. The zero-order valence-corrected chi connectivity index (χ0v) is 13.8. The molecule has 0 aliphatic carbocycles. The number of rotatable bonds is 3. The van der Waals surface area contributed by atoms with Crippen LogP contribution in [0.5, 0.6) is 0 Å². The molecule has 108 valence electrons. The normalized spacial score (nSPS) is 11.1. The summed E-state index contributed by atoms with van der Waals surface area (Å²) in [7, 11) is 0. The summed E-state index contributed by atoms with van der Waals surface area (Å²) in [6.07, 6.45) is 2.07. The van der Waals surface area contributed by atoms with Crippen molar-refractivity contribution in [3.8, 4) is 11.3 Å². The molecule has 0 atom stereocenters. The molecule has 4 rings (SSSR count). The highest BCUT2D eigenvalue weighted by Crippen LogP contribution is 2.37. The average molecular weight is 343 g/mol. The van der Waals surface area contributed by atoms with Gasteiger partial charge in [-0.15, -0.1) is 11.3 Å². The first-order chi connectivity index (χ1) is 10.8. The molecule has 2 nitrogen and oxygen atoms in total. The highest BCUT2D eigenvalue weighted by atomic mass is 35.5. The minimum atomic E-state index is 0.751. The Kier molecular flexibility index (Phi) is 3.66. The van der Waals surface area contributed by atoms with Crippen LogP contribution < -0.4 is 0 Å². The lowest BCUT2D eigenvalue weighted by atomic mass is 10.2. The van der Waals surface area contributed by atoms with E-state index in [0.29, 0.717) is 0 Å². The van der Waals surface area contributed by atoms with Crippen molar-refractivity contribution in [1.82, 2.24) is 9.38 Å². The number of imidazole rings is 1. The van der Waals surface area contributed by atoms with Crippen LogP contribution in [0.1, 0.15) is 0 Å². The summed E-state index contributed by atoms with van der Waals surface area (Å²) in [5.41, 5.74) is 2.15. The Labute approximate surface area is 141 Å². The summed E-state index contributed by atoms with van der Waals surface area (Å²) in [5, 5.41) is 3.94. The fraction of sp³-hybridized carbons (Fsp3) is 0. The minimum Gasteiger partial charge on any atom is -0.284 e. The first-order valence-electron chi connectivity index (χ1n) is 6.76. The molecule has 0 aliphatic heterocycles. The molecule has 2 aromatic carbocycles. The van der Waals surface area contributed by atoms with Gasteiger partial charge in [0.1, 0.15) is 10.7 Å². The van der Waals surface area contributed by atoms with E-state index in [9.17, 15) is 0 Å². The summed E-state index contributed by atoms with van der Waals surface area (Å²) in [6.45, 7) is 0. The van der Waals surface area contributed by atoms with Crippen molar-refractivity contribution in [3.63, 3.8) is 0 Å². The van der Waals surface area contributed by atoms with Gasteiger partial charge in [-0.3, -0.25) is 4.40 Å². The molecular weight excluding hydrogens is 332 g/mol. The van der Waals surface area contributed by atoms with Gasteiger partial charge in [0.2, 0.25) is 0 Å². The van der Waals surface area contributed by atoms with Crippen molar-refractivity contribution in [3.05, 3.63) is 71.2 Å². The molecule has 0 spiro atoms. The maximum absolute atomic E-state index is 5.97. The van der Waals surface area contributed by atoms with E-state index in [1.807, 2.05) is 42.5 Å². The third-order valence-corrected chi connectivity index (χ3v) is 5.39. The number of nitrogens with zero attached hydrogens (tertiary/aromatic N) is 2. The number of aromatic nitrogens is 2. The number of halogens is 1. The second kappa shape index (κ2) is 5.80. The first kappa shape index (κ1) is 13.9. The Morgan fingerprint density at radius 3 is 2.55 bits per heavy atom. The van der Waals surface area contributed by atoms with Crippen molar-refractivity contribution in [2.75, 3.05) is 0 Å². The molecule has 2 heterocycles. The van der Waals surface area contributed by atoms with E-state index in [4.69, 9.17) is 16.6 Å². The Morgan fingerprint density at radius 1 is 1.00 bits per heavy atom. The summed E-state index contributed by atoms with van der Waals surface area (Å²) >= 11 is 9.33. The molecule has 5 heteroatoms. The second-order valence-electron chi connectivity index (χ2n) is 4.74. The van der Waals surface area contributed by atoms with Gasteiger partial charge in [0.05, 0.1) is 0 Å². The Bertz CT molecular complexity index is 911. The third-order valence-electron chi connectivity index (χ3n) is 3.29. The molecule has 0 N–H and O–H groups in total. The molecule has 2 aromatic heterocycles. The van der Waals surface area contributed by atoms with E-state index in [1.54, 1.807) is 23.1 Å². The molecule has 4 aromatic rings. The van der Waals surface area contributed by atoms with Crippen LogP contribution in [-0.2, 0) is 0 Å². The van der Waals surface area contributed by atoms with Gasteiger partial charge in [-0.2, -0.15) is 0 Å². The van der Waals surface area contributed by atoms with Crippen LogP contribution in [0.3, 0.4) is 0 Å². The van der Waals surface area contributed by atoms with Crippen LogP contribution in [0.15, 0.2) is 76.1 Å². The lowest BCUT2D eigenvalue weighted by Gasteiger charge is -2.04. The van der Waals surface area contributed by atoms with E-state index >= 15 is 0 Å². The summed E-state index contributed by atoms with van der Waals surface area (Å²) < 4.78 is 2.15. The SMILES string of the molecule is Clc1ccc(Sc2c(-c3ccccc3)nc3sccn23)cc1. The second-order valence-corrected chi connectivity index (χ2v) is 7.11. The van der Waals surface area contributed by atoms with Crippen LogP contribution in [0.2, 0.25) is 5.02 Å². The van der Waals surface area contributed by atoms with Gasteiger partial charge in [0, 0.05) is 27.1 Å². The molecule has 0 amide bonds. The fourth-order valence-electron chi connectivity index (χ4n) is 2.26. The van der Waals surface area contributed by atoms with Gasteiger partial charge >= 0.3 is 0 Å². The van der Waals surface area contributed by atoms with Crippen LogP contribution in [0.4, 0.5) is 0 Å².